The number of rotatable bonds is 6. The van der Waals surface area contributed by atoms with Gasteiger partial charge in [0.1, 0.15) is 0 Å². The van der Waals surface area contributed by atoms with E-state index in [-0.39, 0.29) is 36.2 Å². The summed E-state index contributed by atoms with van der Waals surface area (Å²) in [5, 5.41) is 7.69. The Hall–Kier alpha value is -2.11. The van der Waals surface area contributed by atoms with Crippen molar-refractivity contribution in [3.8, 4) is 0 Å². The highest BCUT2D eigenvalue weighted by molar-refractivity contribution is 6.03. The van der Waals surface area contributed by atoms with Crippen LogP contribution < -0.4 is 16.4 Å². The molecule has 4 N–H and O–H groups in total. The molecule has 0 bridgehead atoms. The summed E-state index contributed by atoms with van der Waals surface area (Å²) >= 11 is 0. The number of nitrogens with two attached hydrogens (primary N) is 1. The van der Waals surface area contributed by atoms with E-state index < -0.39 is 0 Å². The molecule has 0 spiro atoms. The lowest BCUT2D eigenvalue weighted by molar-refractivity contribution is -0.126. The molecule has 0 heterocycles. The number of amides is 2. The van der Waals surface area contributed by atoms with Crippen molar-refractivity contribution in [2.75, 3.05) is 18.4 Å². The normalized spacial score (nSPS) is 15.6. The molecule has 1 saturated carbocycles. The Morgan fingerprint density at radius 2 is 1.67 bits per heavy atom. The zero-order valence-corrected chi connectivity index (χ0v) is 16.3. The first-order valence-electron chi connectivity index (χ1n) is 9.36. The number of benzene rings is 2. The molecule has 0 saturated heterocycles. The van der Waals surface area contributed by atoms with E-state index in [4.69, 9.17) is 5.73 Å². The Morgan fingerprint density at radius 3 is 2.41 bits per heavy atom. The highest BCUT2D eigenvalue weighted by Gasteiger charge is 2.32. The van der Waals surface area contributed by atoms with Crippen LogP contribution in [0.15, 0.2) is 42.5 Å². The molecule has 1 aliphatic carbocycles. The molecule has 0 atom stereocenters. The molecule has 146 valence electrons. The fourth-order valence-corrected chi connectivity index (χ4v) is 3.87. The summed E-state index contributed by atoms with van der Waals surface area (Å²) in [5.41, 5.74) is 6.61. The van der Waals surface area contributed by atoms with Crippen LogP contribution >= 0.6 is 12.4 Å². The first-order chi connectivity index (χ1) is 12.6. The Labute approximate surface area is 166 Å². The lowest BCUT2D eigenvalue weighted by atomic mass is 9.71. The van der Waals surface area contributed by atoms with Crippen molar-refractivity contribution in [3.05, 3.63) is 42.5 Å². The van der Waals surface area contributed by atoms with Gasteiger partial charge in [0.15, 0.2) is 0 Å². The number of fused-ring (bicyclic) bond motifs is 1. The van der Waals surface area contributed by atoms with Crippen molar-refractivity contribution in [2.45, 2.75) is 38.5 Å². The highest BCUT2D eigenvalue weighted by Crippen LogP contribution is 2.38. The van der Waals surface area contributed by atoms with Gasteiger partial charge in [-0.1, -0.05) is 55.7 Å². The van der Waals surface area contributed by atoms with Gasteiger partial charge in [0.05, 0.1) is 6.54 Å². The predicted octanol–water partition coefficient (Wildman–Crippen LogP) is 3.62. The van der Waals surface area contributed by atoms with E-state index in [0.29, 0.717) is 13.0 Å². The van der Waals surface area contributed by atoms with Gasteiger partial charge in [0, 0.05) is 17.5 Å². The molecule has 5 nitrogen and oxygen atoms in total. The molecule has 1 aliphatic rings. The first kappa shape index (κ1) is 21.2. The Morgan fingerprint density at radius 1 is 0.963 bits per heavy atom. The summed E-state index contributed by atoms with van der Waals surface area (Å²) in [5.74, 6) is -0.314. The minimum absolute atomic E-state index is 0. The van der Waals surface area contributed by atoms with Gasteiger partial charge >= 0.3 is 0 Å². The molecule has 0 aliphatic heterocycles. The molecule has 1 fully saturated rings. The maximum atomic E-state index is 12.3. The van der Waals surface area contributed by atoms with E-state index in [0.717, 1.165) is 42.1 Å². The van der Waals surface area contributed by atoms with Crippen molar-refractivity contribution in [1.82, 2.24) is 5.32 Å². The molecule has 0 aromatic heterocycles. The quantitative estimate of drug-likeness (QED) is 0.705. The van der Waals surface area contributed by atoms with Crippen molar-refractivity contribution < 1.29 is 9.59 Å². The second-order valence-electron chi connectivity index (χ2n) is 7.29. The second-order valence-corrected chi connectivity index (χ2v) is 7.29. The van der Waals surface area contributed by atoms with Crippen LogP contribution in [0.5, 0.6) is 0 Å². The van der Waals surface area contributed by atoms with Crippen molar-refractivity contribution in [3.63, 3.8) is 0 Å². The third kappa shape index (κ3) is 5.44. The SMILES string of the molecule is Cl.NCC1(CC(=O)NCC(=O)Nc2cccc3ccccc23)CCCCC1. The molecule has 2 aromatic rings. The number of anilines is 1. The summed E-state index contributed by atoms with van der Waals surface area (Å²) in [6.45, 7) is 0.505. The number of hydrogen-bond donors (Lipinski definition) is 3. The fourth-order valence-electron chi connectivity index (χ4n) is 3.87. The van der Waals surface area contributed by atoms with Gasteiger partial charge in [-0.05, 0) is 36.3 Å². The van der Waals surface area contributed by atoms with Crippen molar-refractivity contribution >= 4 is 40.7 Å². The van der Waals surface area contributed by atoms with Gasteiger partial charge in [-0.15, -0.1) is 12.4 Å². The van der Waals surface area contributed by atoms with Crippen molar-refractivity contribution in [2.24, 2.45) is 11.1 Å². The maximum Gasteiger partial charge on any atom is 0.243 e. The summed E-state index contributed by atoms with van der Waals surface area (Å²) in [4.78, 5) is 24.5. The standard InChI is InChI=1S/C21H27N3O2.ClH/c22-15-21(11-4-1-5-12-21)13-19(25)23-14-20(26)24-18-10-6-8-16-7-2-3-9-17(16)18;/h2-3,6-10H,1,4-5,11-15,22H2,(H,23,25)(H,24,26);1H. The largest absolute Gasteiger partial charge is 0.347 e. The van der Waals surface area contributed by atoms with Crippen LogP contribution in [0.4, 0.5) is 5.69 Å². The number of nitrogens with one attached hydrogen (secondary N) is 2. The summed E-state index contributed by atoms with van der Waals surface area (Å²) < 4.78 is 0. The third-order valence-corrected chi connectivity index (χ3v) is 5.39. The molecule has 0 radical (unpaired) electrons. The minimum Gasteiger partial charge on any atom is -0.347 e. The maximum absolute atomic E-state index is 12.3. The average molecular weight is 390 g/mol. The van der Waals surface area contributed by atoms with Crippen molar-refractivity contribution in [1.29, 1.82) is 0 Å². The lowest BCUT2D eigenvalue weighted by Gasteiger charge is -2.35. The van der Waals surface area contributed by atoms with Gasteiger partial charge in [-0.25, -0.2) is 0 Å². The number of hydrogen-bond acceptors (Lipinski definition) is 3. The Balaban J connectivity index is 0.00000261. The van der Waals surface area contributed by atoms with Crippen LogP contribution in [-0.2, 0) is 9.59 Å². The average Bonchev–Trinajstić information content (AvgIpc) is 2.67. The second kappa shape index (κ2) is 9.72. The van der Waals surface area contributed by atoms with Crippen LogP contribution in [0, 0.1) is 5.41 Å². The number of halogens is 1. The van der Waals surface area contributed by atoms with Gasteiger partial charge in [-0.2, -0.15) is 0 Å². The smallest absolute Gasteiger partial charge is 0.243 e. The third-order valence-electron chi connectivity index (χ3n) is 5.39. The van der Waals surface area contributed by atoms with Gasteiger partial charge < -0.3 is 16.4 Å². The molecule has 2 amide bonds. The zero-order valence-electron chi connectivity index (χ0n) is 15.5. The predicted molar refractivity (Wildman–Crippen MR) is 112 cm³/mol. The van der Waals surface area contributed by atoms with E-state index in [1.54, 1.807) is 0 Å². The molecule has 27 heavy (non-hydrogen) atoms. The fraction of sp³-hybridized carbons (Fsp3) is 0.429. The summed E-state index contributed by atoms with van der Waals surface area (Å²) in [6.07, 6.45) is 5.89. The number of carbonyl (C=O) groups is 2. The number of carbonyl (C=O) groups excluding carboxylic acids is 2. The van der Waals surface area contributed by atoms with Gasteiger partial charge in [0.25, 0.3) is 0 Å². The van der Waals surface area contributed by atoms with E-state index >= 15 is 0 Å². The van der Waals surface area contributed by atoms with E-state index in [2.05, 4.69) is 10.6 Å². The Kier molecular flexibility index (Phi) is 7.63. The topological polar surface area (TPSA) is 84.2 Å². The molecular weight excluding hydrogens is 362 g/mol. The molecule has 2 aromatic carbocycles. The molecule has 6 heteroatoms. The summed E-state index contributed by atoms with van der Waals surface area (Å²) in [6, 6.07) is 13.7. The minimum atomic E-state index is -0.222. The van der Waals surface area contributed by atoms with Crippen LogP contribution in [0.25, 0.3) is 10.8 Å². The van der Waals surface area contributed by atoms with Gasteiger partial charge in [0.2, 0.25) is 11.8 Å². The zero-order chi connectivity index (χ0) is 18.4. The molecule has 3 rings (SSSR count). The van der Waals surface area contributed by atoms with E-state index in [1.807, 2.05) is 42.5 Å². The van der Waals surface area contributed by atoms with Crippen LogP contribution in [-0.4, -0.2) is 24.9 Å². The van der Waals surface area contributed by atoms with Crippen LogP contribution in [0.2, 0.25) is 0 Å². The first-order valence-corrected chi connectivity index (χ1v) is 9.36. The highest BCUT2D eigenvalue weighted by atomic mass is 35.5. The molecular formula is C21H28ClN3O2. The summed E-state index contributed by atoms with van der Waals surface area (Å²) in [7, 11) is 0. The Bertz CT molecular complexity index is 783. The van der Waals surface area contributed by atoms with Gasteiger partial charge in [-0.3, -0.25) is 9.59 Å². The van der Waals surface area contributed by atoms with E-state index in [1.165, 1.54) is 6.42 Å². The molecule has 0 unspecified atom stereocenters. The van der Waals surface area contributed by atoms with Crippen LogP contribution in [0.1, 0.15) is 38.5 Å². The monoisotopic (exact) mass is 389 g/mol. The lowest BCUT2D eigenvalue weighted by Crippen LogP contribution is -2.40. The van der Waals surface area contributed by atoms with Crippen LogP contribution in [0.3, 0.4) is 0 Å². The van der Waals surface area contributed by atoms with E-state index in [9.17, 15) is 9.59 Å².